The van der Waals surface area contributed by atoms with Crippen LogP contribution in [0.4, 0.5) is 13.2 Å². The van der Waals surface area contributed by atoms with Crippen molar-refractivity contribution in [1.29, 1.82) is 0 Å². The third-order valence-electron chi connectivity index (χ3n) is 3.60. The largest absolute Gasteiger partial charge is 0.473 e. The molecular weight excluding hydrogens is 401 g/mol. The Kier molecular flexibility index (Phi) is 4.97. The van der Waals surface area contributed by atoms with Crippen molar-refractivity contribution in [2.45, 2.75) is 22.9 Å². The van der Waals surface area contributed by atoms with Gasteiger partial charge < -0.3 is 4.74 Å². The lowest BCUT2D eigenvalue weighted by atomic mass is 10.2. The van der Waals surface area contributed by atoms with Crippen molar-refractivity contribution in [3.05, 3.63) is 40.4 Å². The molecule has 0 amide bonds. The number of thiophene rings is 1. The monoisotopic (exact) mass is 412 g/mol. The Balaban J connectivity index is 1.70. The van der Waals surface area contributed by atoms with Crippen LogP contribution in [0, 0.1) is 0 Å². The molecule has 0 radical (unpaired) electrons. The summed E-state index contributed by atoms with van der Waals surface area (Å²) in [7, 11) is -3.69. The van der Waals surface area contributed by atoms with Crippen LogP contribution in [-0.4, -0.2) is 36.9 Å². The van der Waals surface area contributed by atoms with Gasteiger partial charge in [-0.1, -0.05) is 11.6 Å². The Morgan fingerprint density at radius 3 is 2.72 bits per heavy atom. The van der Waals surface area contributed by atoms with Crippen molar-refractivity contribution in [2.75, 3.05) is 13.1 Å². The van der Waals surface area contributed by atoms with Crippen LogP contribution in [0.5, 0.6) is 5.88 Å². The Morgan fingerprint density at radius 1 is 1.32 bits per heavy atom. The van der Waals surface area contributed by atoms with Gasteiger partial charge in [0.1, 0.15) is 10.3 Å². The molecule has 11 heteroatoms. The van der Waals surface area contributed by atoms with Gasteiger partial charge in [-0.25, -0.2) is 13.4 Å². The molecule has 1 aliphatic heterocycles. The van der Waals surface area contributed by atoms with Gasteiger partial charge in [-0.3, -0.25) is 0 Å². The average Bonchev–Trinajstić information content (AvgIpc) is 3.16. The third-order valence-corrected chi connectivity index (χ3v) is 7.16. The number of hydrogen-bond acceptors (Lipinski definition) is 5. The van der Waals surface area contributed by atoms with Gasteiger partial charge in [-0.15, -0.1) is 11.3 Å². The minimum absolute atomic E-state index is 0.0375. The number of aromatic nitrogens is 1. The lowest BCUT2D eigenvalue weighted by Gasteiger charge is -2.16. The van der Waals surface area contributed by atoms with E-state index in [0.29, 0.717) is 10.8 Å². The third kappa shape index (κ3) is 4.08. The summed E-state index contributed by atoms with van der Waals surface area (Å²) in [5.74, 6) is -0.182. The zero-order valence-electron chi connectivity index (χ0n) is 12.5. The molecule has 0 spiro atoms. The lowest BCUT2D eigenvalue weighted by molar-refractivity contribution is -0.137. The number of sulfonamides is 1. The van der Waals surface area contributed by atoms with E-state index in [2.05, 4.69) is 4.98 Å². The Bertz CT molecular complexity index is 870. The first-order valence-corrected chi connectivity index (χ1v) is 9.75. The molecule has 2 aromatic heterocycles. The van der Waals surface area contributed by atoms with Crippen LogP contribution < -0.4 is 4.74 Å². The number of ether oxygens (including phenoxy) is 1. The summed E-state index contributed by atoms with van der Waals surface area (Å²) >= 11 is 6.72. The number of halogens is 4. The molecular formula is C14H12ClF3N2O3S2. The number of hydrogen-bond donors (Lipinski definition) is 0. The number of alkyl halides is 3. The summed E-state index contributed by atoms with van der Waals surface area (Å²) in [6.07, 6.45) is -3.70. The van der Waals surface area contributed by atoms with Gasteiger partial charge in [0.05, 0.1) is 16.4 Å². The number of nitrogens with zero attached hydrogens (tertiary/aromatic N) is 2. The summed E-state index contributed by atoms with van der Waals surface area (Å²) in [4.78, 5) is 3.76. The minimum atomic E-state index is -4.50. The SMILES string of the molecule is O=S(=O)(c1ccc(Cl)s1)N1CC[C@@H](Oc2cc(C(F)(F)F)ccn2)C1. The van der Waals surface area contributed by atoms with Crippen LogP contribution in [0.1, 0.15) is 12.0 Å². The highest BCUT2D eigenvalue weighted by Gasteiger charge is 2.35. The smallest absolute Gasteiger partial charge is 0.416 e. The van der Waals surface area contributed by atoms with Gasteiger partial charge in [0.25, 0.3) is 10.0 Å². The number of rotatable bonds is 4. The van der Waals surface area contributed by atoms with Crippen molar-refractivity contribution in [2.24, 2.45) is 0 Å². The Morgan fingerprint density at radius 2 is 2.08 bits per heavy atom. The highest BCUT2D eigenvalue weighted by atomic mass is 35.5. The van der Waals surface area contributed by atoms with Crippen LogP contribution >= 0.6 is 22.9 Å². The Hall–Kier alpha value is -1.36. The van der Waals surface area contributed by atoms with E-state index in [0.717, 1.165) is 29.7 Å². The Labute approximate surface area is 151 Å². The van der Waals surface area contributed by atoms with Crippen molar-refractivity contribution >= 4 is 33.0 Å². The summed E-state index contributed by atoms with van der Waals surface area (Å²) in [6.45, 7) is 0.247. The van der Waals surface area contributed by atoms with Crippen molar-refractivity contribution in [3.8, 4) is 5.88 Å². The molecule has 2 aromatic rings. The molecule has 3 heterocycles. The van der Waals surface area contributed by atoms with Crippen molar-refractivity contribution in [1.82, 2.24) is 9.29 Å². The van der Waals surface area contributed by atoms with E-state index in [4.69, 9.17) is 16.3 Å². The summed E-state index contributed by atoms with van der Waals surface area (Å²) in [5.41, 5.74) is -0.867. The minimum Gasteiger partial charge on any atom is -0.473 e. The second-order valence-corrected chi connectivity index (χ2v) is 9.21. The zero-order chi connectivity index (χ0) is 18.2. The van der Waals surface area contributed by atoms with E-state index in [1.165, 1.54) is 16.4 Å². The van der Waals surface area contributed by atoms with Gasteiger partial charge in [0.2, 0.25) is 5.88 Å². The first-order chi connectivity index (χ1) is 11.7. The lowest BCUT2D eigenvalue weighted by Crippen LogP contribution is -2.30. The van der Waals surface area contributed by atoms with E-state index in [-0.39, 0.29) is 23.2 Å². The maximum absolute atomic E-state index is 12.7. The molecule has 136 valence electrons. The summed E-state index contributed by atoms with van der Waals surface area (Å²) < 4.78 is 70.3. The molecule has 0 aliphatic carbocycles. The van der Waals surface area contributed by atoms with Gasteiger partial charge in [0, 0.05) is 18.8 Å². The van der Waals surface area contributed by atoms with E-state index in [1.54, 1.807) is 0 Å². The average molecular weight is 413 g/mol. The molecule has 1 saturated heterocycles. The molecule has 0 N–H and O–H groups in total. The molecule has 1 fully saturated rings. The van der Waals surface area contributed by atoms with Gasteiger partial charge in [-0.2, -0.15) is 17.5 Å². The maximum atomic E-state index is 12.7. The normalized spacial score (nSPS) is 19.3. The fraction of sp³-hybridized carbons (Fsp3) is 0.357. The number of pyridine rings is 1. The van der Waals surface area contributed by atoms with Crippen molar-refractivity contribution < 1.29 is 26.3 Å². The fourth-order valence-electron chi connectivity index (χ4n) is 2.40. The highest BCUT2D eigenvalue weighted by molar-refractivity contribution is 7.91. The van der Waals surface area contributed by atoms with E-state index in [1.807, 2.05) is 0 Å². The fourth-order valence-corrected chi connectivity index (χ4v) is 5.52. The molecule has 25 heavy (non-hydrogen) atoms. The van der Waals surface area contributed by atoms with E-state index < -0.39 is 27.9 Å². The molecule has 0 saturated carbocycles. The molecule has 1 aliphatic rings. The van der Waals surface area contributed by atoms with E-state index in [9.17, 15) is 21.6 Å². The van der Waals surface area contributed by atoms with E-state index >= 15 is 0 Å². The maximum Gasteiger partial charge on any atom is 0.416 e. The van der Waals surface area contributed by atoms with Crippen LogP contribution in [-0.2, 0) is 16.2 Å². The first-order valence-electron chi connectivity index (χ1n) is 7.11. The van der Waals surface area contributed by atoms with Crippen LogP contribution in [0.15, 0.2) is 34.7 Å². The van der Waals surface area contributed by atoms with Gasteiger partial charge >= 0.3 is 6.18 Å². The topological polar surface area (TPSA) is 59.5 Å². The summed E-state index contributed by atoms with van der Waals surface area (Å²) in [6, 6.07) is 4.57. The predicted molar refractivity (Wildman–Crippen MR) is 86.4 cm³/mol. The highest BCUT2D eigenvalue weighted by Crippen LogP contribution is 2.32. The second kappa shape index (κ2) is 6.75. The first kappa shape index (κ1) is 18.4. The quantitative estimate of drug-likeness (QED) is 0.769. The molecule has 0 bridgehead atoms. The zero-order valence-corrected chi connectivity index (χ0v) is 14.9. The molecule has 5 nitrogen and oxygen atoms in total. The van der Waals surface area contributed by atoms with Crippen LogP contribution in [0.25, 0.3) is 0 Å². The van der Waals surface area contributed by atoms with Gasteiger partial charge in [0.15, 0.2) is 0 Å². The molecule has 3 rings (SSSR count). The molecule has 1 atom stereocenters. The molecule has 0 unspecified atom stereocenters. The van der Waals surface area contributed by atoms with Crippen LogP contribution in [0.2, 0.25) is 4.34 Å². The van der Waals surface area contributed by atoms with Gasteiger partial charge in [-0.05, 0) is 24.6 Å². The second-order valence-electron chi connectivity index (χ2n) is 5.33. The van der Waals surface area contributed by atoms with Crippen LogP contribution in [0.3, 0.4) is 0 Å². The molecule has 0 aromatic carbocycles. The standard InChI is InChI=1S/C14H12ClF3N2O3S2/c15-11-1-2-13(24-11)25(21,22)20-6-4-10(8-20)23-12-7-9(3-5-19-12)14(16,17)18/h1-3,5,7,10H,4,6,8H2/t10-/m1/s1. The predicted octanol–water partition coefficient (Wildman–Crippen LogP) is 3.66. The van der Waals surface area contributed by atoms with Crippen molar-refractivity contribution in [3.63, 3.8) is 0 Å². The summed E-state index contributed by atoms with van der Waals surface area (Å²) in [5, 5.41) is 0.